The third-order valence-electron chi connectivity index (χ3n) is 1.93. The molecule has 0 unspecified atom stereocenters. The number of thiophene rings is 1. The van der Waals surface area contributed by atoms with E-state index in [9.17, 15) is 0 Å². The van der Waals surface area contributed by atoms with Crippen LogP contribution in [0.3, 0.4) is 0 Å². The number of nitrogens with two attached hydrogens (primary N) is 1. The lowest BCUT2D eigenvalue weighted by atomic mass is 10.2. The van der Waals surface area contributed by atoms with Crippen LogP contribution in [0.5, 0.6) is 0 Å². The third kappa shape index (κ3) is 1.75. The number of hydrogen-bond donors (Lipinski definition) is 1. The van der Waals surface area contributed by atoms with E-state index in [0.717, 1.165) is 19.9 Å². The van der Waals surface area contributed by atoms with E-state index in [-0.39, 0.29) is 0 Å². The molecule has 0 radical (unpaired) electrons. The maximum absolute atomic E-state index is 5.65. The number of hydrogen-bond acceptors (Lipinski definition) is 3. The molecule has 0 aliphatic carbocycles. The van der Waals surface area contributed by atoms with Crippen molar-refractivity contribution in [3.63, 3.8) is 0 Å². The summed E-state index contributed by atoms with van der Waals surface area (Å²) in [5.41, 5.74) is 7.72. The summed E-state index contributed by atoms with van der Waals surface area (Å²) in [6, 6.07) is 4.07. The first-order valence-electron chi connectivity index (χ1n) is 4.19. The molecule has 0 atom stereocenters. The van der Waals surface area contributed by atoms with Gasteiger partial charge in [-0.25, -0.2) is 0 Å². The molecule has 3 nitrogen and oxygen atoms in total. The smallest absolute Gasteiger partial charge is 0.107 e. The van der Waals surface area contributed by atoms with E-state index in [0.29, 0.717) is 6.54 Å². The molecule has 0 fully saturated rings. The molecule has 2 aromatic heterocycles. The first-order valence-corrected chi connectivity index (χ1v) is 5.80. The molecule has 0 amide bonds. The molecule has 2 heterocycles. The maximum Gasteiger partial charge on any atom is 0.107 e. The second-order valence-electron chi connectivity index (χ2n) is 2.98. The van der Waals surface area contributed by atoms with Crippen molar-refractivity contribution < 1.29 is 0 Å². The minimum atomic E-state index is 0.526. The summed E-state index contributed by atoms with van der Waals surface area (Å²) in [7, 11) is 1.91. The summed E-state index contributed by atoms with van der Waals surface area (Å²) in [5, 5.41) is 4.39. The minimum Gasteiger partial charge on any atom is -0.326 e. The van der Waals surface area contributed by atoms with Gasteiger partial charge in [0.15, 0.2) is 0 Å². The molecule has 0 aromatic carbocycles. The normalized spacial score (nSPS) is 10.8. The molecule has 74 valence electrons. The van der Waals surface area contributed by atoms with E-state index in [1.807, 2.05) is 19.3 Å². The topological polar surface area (TPSA) is 43.8 Å². The summed E-state index contributed by atoms with van der Waals surface area (Å²) in [6.07, 6.45) is 1.96. The van der Waals surface area contributed by atoms with Crippen molar-refractivity contribution in [3.05, 3.63) is 27.7 Å². The van der Waals surface area contributed by atoms with Crippen molar-refractivity contribution in [3.8, 4) is 10.6 Å². The molecule has 14 heavy (non-hydrogen) atoms. The summed E-state index contributed by atoms with van der Waals surface area (Å²) >= 11 is 5.10. The van der Waals surface area contributed by atoms with Crippen molar-refractivity contribution in [2.45, 2.75) is 6.54 Å². The zero-order chi connectivity index (χ0) is 10.1. The largest absolute Gasteiger partial charge is 0.326 e. The molecule has 0 saturated heterocycles. The van der Waals surface area contributed by atoms with Crippen molar-refractivity contribution >= 4 is 27.3 Å². The van der Waals surface area contributed by atoms with Crippen LogP contribution in [0.4, 0.5) is 0 Å². The number of aromatic nitrogens is 2. The highest BCUT2D eigenvalue weighted by molar-refractivity contribution is 9.11. The second-order valence-corrected chi connectivity index (χ2v) is 5.45. The van der Waals surface area contributed by atoms with Crippen LogP contribution in [-0.2, 0) is 13.6 Å². The highest BCUT2D eigenvalue weighted by Gasteiger charge is 2.10. The third-order valence-corrected chi connectivity index (χ3v) is 3.56. The maximum atomic E-state index is 5.65. The Morgan fingerprint density at radius 1 is 1.57 bits per heavy atom. The Bertz CT molecular complexity index is 447. The van der Waals surface area contributed by atoms with Gasteiger partial charge in [-0.3, -0.25) is 4.68 Å². The predicted octanol–water partition coefficient (Wildman–Crippen LogP) is 2.37. The van der Waals surface area contributed by atoms with Crippen LogP contribution in [0.1, 0.15) is 5.56 Å². The van der Waals surface area contributed by atoms with E-state index in [2.05, 4.69) is 27.1 Å². The Hall–Kier alpha value is -0.650. The molecule has 5 heteroatoms. The van der Waals surface area contributed by atoms with E-state index in [4.69, 9.17) is 5.73 Å². The Balaban J connectivity index is 2.49. The van der Waals surface area contributed by atoms with Crippen molar-refractivity contribution in [1.82, 2.24) is 9.78 Å². The second kappa shape index (κ2) is 3.84. The van der Waals surface area contributed by atoms with Crippen LogP contribution in [0.25, 0.3) is 10.6 Å². The van der Waals surface area contributed by atoms with Gasteiger partial charge in [0.1, 0.15) is 5.69 Å². The first kappa shape index (κ1) is 9.89. The molecule has 0 aliphatic rings. The lowest BCUT2D eigenvalue weighted by Crippen LogP contribution is -1.95. The molecular formula is C9H10BrN3S. The molecule has 2 rings (SSSR count). The van der Waals surface area contributed by atoms with E-state index in [1.165, 1.54) is 0 Å². The van der Waals surface area contributed by atoms with Crippen LogP contribution in [0.2, 0.25) is 0 Å². The molecule has 2 N–H and O–H groups in total. The summed E-state index contributed by atoms with van der Waals surface area (Å²) < 4.78 is 2.91. The van der Waals surface area contributed by atoms with Gasteiger partial charge in [0.25, 0.3) is 0 Å². The van der Waals surface area contributed by atoms with Gasteiger partial charge in [0.05, 0.1) is 8.66 Å². The van der Waals surface area contributed by atoms with Crippen LogP contribution >= 0.6 is 27.3 Å². The lowest BCUT2D eigenvalue weighted by molar-refractivity contribution is 0.770. The average Bonchev–Trinajstić information content (AvgIpc) is 2.71. The van der Waals surface area contributed by atoms with Gasteiger partial charge >= 0.3 is 0 Å². The summed E-state index contributed by atoms with van der Waals surface area (Å²) in [5.74, 6) is 0. The highest BCUT2D eigenvalue weighted by atomic mass is 79.9. The summed E-state index contributed by atoms with van der Waals surface area (Å²) in [4.78, 5) is 1.15. The SMILES string of the molecule is Cn1cc(CN)c(-c2ccc(Br)s2)n1. The Labute approximate surface area is 94.7 Å². The first-order chi connectivity index (χ1) is 6.70. The number of aryl methyl sites for hydroxylation is 1. The lowest BCUT2D eigenvalue weighted by Gasteiger charge is -1.93. The molecule has 2 aromatic rings. The van der Waals surface area contributed by atoms with Gasteiger partial charge in [-0.1, -0.05) is 0 Å². The summed E-state index contributed by atoms with van der Waals surface area (Å²) in [6.45, 7) is 0.526. The van der Waals surface area contributed by atoms with Gasteiger partial charge in [-0.2, -0.15) is 5.10 Å². The van der Waals surface area contributed by atoms with Crippen molar-refractivity contribution in [2.24, 2.45) is 12.8 Å². The Morgan fingerprint density at radius 3 is 2.93 bits per heavy atom. The molecule has 0 aliphatic heterocycles. The average molecular weight is 272 g/mol. The highest BCUT2D eigenvalue weighted by Crippen LogP contribution is 2.31. The predicted molar refractivity (Wildman–Crippen MR) is 62.1 cm³/mol. The van der Waals surface area contributed by atoms with Gasteiger partial charge in [0.2, 0.25) is 0 Å². The number of halogens is 1. The minimum absolute atomic E-state index is 0.526. The van der Waals surface area contributed by atoms with Crippen LogP contribution in [0, 0.1) is 0 Å². The molecule has 0 saturated carbocycles. The monoisotopic (exact) mass is 271 g/mol. The Morgan fingerprint density at radius 2 is 2.36 bits per heavy atom. The van der Waals surface area contributed by atoms with Gasteiger partial charge in [-0.05, 0) is 28.1 Å². The van der Waals surface area contributed by atoms with Gasteiger partial charge in [0, 0.05) is 25.4 Å². The van der Waals surface area contributed by atoms with Crippen molar-refractivity contribution in [2.75, 3.05) is 0 Å². The van der Waals surface area contributed by atoms with Gasteiger partial charge < -0.3 is 5.73 Å². The van der Waals surface area contributed by atoms with E-state index >= 15 is 0 Å². The van der Waals surface area contributed by atoms with Crippen molar-refractivity contribution in [1.29, 1.82) is 0 Å². The quantitative estimate of drug-likeness (QED) is 0.912. The van der Waals surface area contributed by atoms with Crippen LogP contribution in [0.15, 0.2) is 22.1 Å². The molecule has 0 spiro atoms. The standard InChI is InChI=1S/C9H10BrN3S/c1-13-5-6(4-11)9(12-13)7-2-3-8(10)14-7/h2-3,5H,4,11H2,1H3. The molecular weight excluding hydrogens is 262 g/mol. The Kier molecular flexibility index (Phi) is 2.71. The number of rotatable bonds is 2. The van der Waals surface area contributed by atoms with E-state index < -0.39 is 0 Å². The van der Waals surface area contributed by atoms with Crippen LogP contribution < -0.4 is 5.73 Å². The van der Waals surface area contributed by atoms with E-state index in [1.54, 1.807) is 16.0 Å². The number of nitrogens with zero attached hydrogens (tertiary/aromatic N) is 2. The van der Waals surface area contributed by atoms with Gasteiger partial charge in [-0.15, -0.1) is 11.3 Å². The zero-order valence-corrected chi connectivity index (χ0v) is 10.1. The molecule has 0 bridgehead atoms. The zero-order valence-electron chi connectivity index (χ0n) is 7.70. The fourth-order valence-electron chi connectivity index (χ4n) is 1.34. The fourth-order valence-corrected chi connectivity index (χ4v) is 2.74. The fraction of sp³-hybridized carbons (Fsp3) is 0.222. The van der Waals surface area contributed by atoms with Crippen LogP contribution in [-0.4, -0.2) is 9.78 Å².